The first-order valence-corrected chi connectivity index (χ1v) is 7.89. The second-order valence-electron chi connectivity index (χ2n) is 5.97. The second kappa shape index (κ2) is 6.96. The molecule has 1 aliphatic carbocycles. The van der Waals surface area contributed by atoms with Crippen molar-refractivity contribution in [2.24, 2.45) is 0 Å². The Kier molecular flexibility index (Phi) is 4.74. The maximum Gasteiger partial charge on any atom is 0.305 e. The summed E-state index contributed by atoms with van der Waals surface area (Å²) < 4.78 is 27.1. The number of hydrogen-bond donors (Lipinski definition) is 2. The Bertz CT molecular complexity index is 839. The first kappa shape index (κ1) is 17.0. The number of pyridine rings is 1. The Morgan fingerprint density at radius 2 is 2.04 bits per heavy atom. The molecule has 2 aromatic rings. The fourth-order valence-corrected chi connectivity index (χ4v) is 3.13. The van der Waals surface area contributed by atoms with Gasteiger partial charge in [-0.15, -0.1) is 0 Å². The number of fused-ring (bicyclic) bond motifs is 1. The molecule has 2 N–H and O–H groups in total. The summed E-state index contributed by atoms with van der Waals surface area (Å²) in [4.78, 5) is 27.8. The number of nitrogens with zero attached hydrogens (tertiary/aromatic N) is 1. The van der Waals surface area contributed by atoms with Crippen LogP contribution in [0.25, 0.3) is 0 Å². The van der Waals surface area contributed by atoms with Crippen LogP contribution in [0.2, 0.25) is 0 Å². The number of halogens is 2. The maximum absolute atomic E-state index is 14.0. The number of aliphatic carboxylic acids is 1. The maximum atomic E-state index is 14.0. The summed E-state index contributed by atoms with van der Waals surface area (Å²) in [5.74, 6) is -3.39. The molecule has 5 nitrogen and oxygen atoms in total. The molecular weight excluding hydrogens is 330 g/mol. The smallest absolute Gasteiger partial charge is 0.305 e. The predicted octanol–water partition coefficient (Wildman–Crippen LogP) is 2.79. The van der Waals surface area contributed by atoms with Gasteiger partial charge in [0.05, 0.1) is 18.0 Å². The standard InChI is InChI=1S/C18H16F2N2O3/c19-11-4-5-13(15(20)6-11)16(7-17(23)24)22-18(25)14-9-21-8-10-2-1-3-12(10)14/h4-6,8-9,16H,1-3,7H2,(H,22,25)(H,23,24)/t16-/m1/s1. The predicted molar refractivity (Wildman–Crippen MR) is 85.1 cm³/mol. The van der Waals surface area contributed by atoms with Gasteiger partial charge in [0.15, 0.2) is 0 Å². The Morgan fingerprint density at radius 1 is 1.24 bits per heavy atom. The molecule has 0 saturated carbocycles. The molecular formula is C18H16F2N2O3. The summed E-state index contributed by atoms with van der Waals surface area (Å²) in [6.45, 7) is 0. The number of nitrogens with one attached hydrogen (secondary N) is 1. The van der Waals surface area contributed by atoms with E-state index in [4.69, 9.17) is 5.11 Å². The monoisotopic (exact) mass is 346 g/mol. The zero-order valence-electron chi connectivity index (χ0n) is 13.3. The molecule has 0 aliphatic heterocycles. The first-order chi connectivity index (χ1) is 12.0. The summed E-state index contributed by atoms with van der Waals surface area (Å²) in [6, 6.07) is 1.73. The summed E-state index contributed by atoms with van der Waals surface area (Å²) in [6.07, 6.45) is 5.14. The molecule has 0 radical (unpaired) electrons. The topological polar surface area (TPSA) is 79.3 Å². The summed E-state index contributed by atoms with van der Waals surface area (Å²) in [5.41, 5.74) is 2.18. The summed E-state index contributed by atoms with van der Waals surface area (Å²) in [7, 11) is 0. The third kappa shape index (κ3) is 3.65. The fraction of sp³-hybridized carbons (Fsp3) is 0.278. The van der Waals surface area contributed by atoms with E-state index >= 15 is 0 Å². The van der Waals surface area contributed by atoms with Crippen LogP contribution in [0.5, 0.6) is 0 Å². The Balaban J connectivity index is 1.89. The summed E-state index contributed by atoms with van der Waals surface area (Å²) >= 11 is 0. The lowest BCUT2D eigenvalue weighted by atomic mass is 10.0. The van der Waals surface area contributed by atoms with Gasteiger partial charge in [0.2, 0.25) is 0 Å². The van der Waals surface area contributed by atoms with E-state index in [0.717, 1.165) is 42.5 Å². The van der Waals surface area contributed by atoms with E-state index in [1.54, 1.807) is 6.20 Å². The van der Waals surface area contributed by atoms with E-state index in [0.29, 0.717) is 11.6 Å². The van der Waals surface area contributed by atoms with Gasteiger partial charge in [-0.2, -0.15) is 0 Å². The highest BCUT2D eigenvalue weighted by Gasteiger charge is 2.25. The molecule has 1 aromatic carbocycles. The molecule has 3 rings (SSSR count). The number of amides is 1. The quantitative estimate of drug-likeness (QED) is 0.872. The van der Waals surface area contributed by atoms with Crippen LogP contribution in [-0.4, -0.2) is 22.0 Å². The lowest BCUT2D eigenvalue weighted by molar-refractivity contribution is -0.137. The molecule has 1 atom stereocenters. The lowest BCUT2D eigenvalue weighted by Gasteiger charge is -2.19. The number of rotatable bonds is 5. The Hall–Kier alpha value is -2.83. The van der Waals surface area contributed by atoms with Crippen molar-refractivity contribution in [1.29, 1.82) is 0 Å². The number of aryl methyl sites for hydroxylation is 1. The molecule has 7 heteroatoms. The third-order valence-electron chi connectivity index (χ3n) is 4.29. The number of hydrogen-bond acceptors (Lipinski definition) is 3. The van der Waals surface area contributed by atoms with Crippen LogP contribution in [0.4, 0.5) is 8.78 Å². The lowest BCUT2D eigenvalue weighted by Crippen LogP contribution is -2.31. The number of carboxylic acid groups (broad SMARTS) is 1. The van der Waals surface area contributed by atoms with Crippen molar-refractivity contribution in [3.8, 4) is 0 Å². The van der Waals surface area contributed by atoms with Crippen molar-refractivity contribution in [3.05, 3.63) is 64.5 Å². The average molecular weight is 346 g/mol. The normalized spacial score (nSPS) is 14.0. The minimum atomic E-state index is -1.20. The van der Waals surface area contributed by atoms with Crippen molar-refractivity contribution in [2.75, 3.05) is 0 Å². The molecule has 0 unspecified atom stereocenters. The molecule has 0 saturated heterocycles. The average Bonchev–Trinajstić information content (AvgIpc) is 3.02. The number of carboxylic acids is 1. The molecule has 130 valence electrons. The Labute approximate surface area is 142 Å². The number of benzene rings is 1. The van der Waals surface area contributed by atoms with E-state index in [2.05, 4.69) is 10.3 Å². The summed E-state index contributed by atoms with van der Waals surface area (Å²) in [5, 5.41) is 11.6. The van der Waals surface area contributed by atoms with Crippen molar-refractivity contribution >= 4 is 11.9 Å². The van der Waals surface area contributed by atoms with Crippen LogP contribution in [0, 0.1) is 11.6 Å². The van der Waals surface area contributed by atoms with Crippen LogP contribution < -0.4 is 5.32 Å². The largest absolute Gasteiger partial charge is 0.481 e. The molecule has 1 amide bonds. The van der Waals surface area contributed by atoms with E-state index < -0.39 is 36.0 Å². The van der Waals surface area contributed by atoms with E-state index in [1.165, 1.54) is 6.20 Å². The zero-order valence-corrected chi connectivity index (χ0v) is 13.3. The third-order valence-corrected chi connectivity index (χ3v) is 4.29. The van der Waals surface area contributed by atoms with Crippen molar-refractivity contribution in [2.45, 2.75) is 31.7 Å². The highest BCUT2D eigenvalue weighted by molar-refractivity contribution is 5.96. The van der Waals surface area contributed by atoms with Gasteiger partial charge >= 0.3 is 5.97 Å². The van der Waals surface area contributed by atoms with Crippen LogP contribution in [-0.2, 0) is 17.6 Å². The first-order valence-electron chi connectivity index (χ1n) is 7.89. The zero-order chi connectivity index (χ0) is 18.0. The SMILES string of the molecule is O=C(O)C[C@@H](NC(=O)c1cncc2c1CCC2)c1ccc(F)cc1F. The van der Waals surface area contributed by atoms with Gasteiger partial charge in [0.25, 0.3) is 5.91 Å². The molecule has 1 heterocycles. The van der Waals surface area contributed by atoms with Crippen LogP contribution >= 0.6 is 0 Å². The van der Waals surface area contributed by atoms with Gasteiger partial charge < -0.3 is 10.4 Å². The molecule has 0 spiro atoms. The van der Waals surface area contributed by atoms with Gasteiger partial charge in [-0.25, -0.2) is 8.78 Å². The fourth-order valence-electron chi connectivity index (χ4n) is 3.13. The van der Waals surface area contributed by atoms with Crippen molar-refractivity contribution in [1.82, 2.24) is 10.3 Å². The highest BCUT2D eigenvalue weighted by atomic mass is 19.1. The second-order valence-corrected chi connectivity index (χ2v) is 5.97. The molecule has 1 aliphatic rings. The van der Waals surface area contributed by atoms with E-state index in [9.17, 15) is 18.4 Å². The van der Waals surface area contributed by atoms with Crippen LogP contribution in [0.3, 0.4) is 0 Å². The number of carbonyl (C=O) groups is 2. The Morgan fingerprint density at radius 3 is 2.76 bits per heavy atom. The van der Waals surface area contributed by atoms with Gasteiger partial charge in [0, 0.05) is 24.0 Å². The number of aromatic nitrogens is 1. The molecule has 1 aromatic heterocycles. The minimum absolute atomic E-state index is 0.0716. The molecule has 0 fully saturated rings. The van der Waals surface area contributed by atoms with Gasteiger partial charge in [0.1, 0.15) is 11.6 Å². The van der Waals surface area contributed by atoms with Crippen molar-refractivity contribution in [3.63, 3.8) is 0 Å². The van der Waals surface area contributed by atoms with E-state index in [-0.39, 0.29) is 5.56 Å². The number of carbonyl (C=O) groups excluding carboxylic acids is 1. The van der Waals surface area contributed by atoms with Crippen LogP contribution in [0.1, 0.15) is 45.9 Å². The molecule has 0 bridgehead atoms. The van der Waals surface area contributed by atoms with E-state index in [1.807, 2.05) is 0 Å². The van der Waals surface area contributed by atoms with Gasteiger partial charge in [-0.05, 0) is 36.5 Å². The minimum Gasteiger partial charge on any atom is -0.481 e. The van der Waals surface area contributed by atoms with Crippen LogP contribution in [0.15, 0.2) is 30.6 Å². The molecule has 25 heavy (non-hydrogen) atoms. The highest BCUT2D eigenvalue weighted by Crippen LogP contribution is 2.26. The van der Waals surface area contributed by atoms with Crippen molar-refractivity contribution < 1.29 is 23.5 Å². The van der Waals surface area contributed by atoms with Gasteiger partial charge in [-0.1, -0.05) is 6.07 Å². The van der Waals surface area contributed by atoms with Gasteiger partial charge in [-0.3, -0.25) is 14.6 Å².